The Morgan fingerprint density at radius 2 is 1.45 bits per heavy atom. The first kappa shape index (κ1) is 17.0. The van der Waals surface area contributed by atoms with E-state index in [1.807, 2.05) is 0 Å². The lowest BCUT2D eigenvalue weighted by atomic mass is 10.2. The van der Waals surface area contributed by atoms with Gasteiger partial charge in [-0.15, -0.1) is 3.77 Å². The molecule has 3 nitrogen and oxygen atoms in total. The van der Waals surface area contributed by atoms with Gasteiger partial charge in [-0.3, -0.25) is 0 Å². The van der Waals surface area contributed by atoms with Gasteiger partial charge >= 0.3 is 21.7 Å². The summed E-state index contributed by atoms with van der Waals surface area (Å²) in [6.07, 6.45) is -3.52. The Bertz CT molecular complexity index is 615. The van der Waals surface area contributed by atoms with Gasteiger partial charge in [0, 0.05) is 4.90 Å². The maximum absolute atomic E-state index is 12.3. The topological polar surface area (TPSA) is 46.5 Å². The second kappa shape index (κ2) is 5.35. The third-order valence-corrected chi connectivity index (χ3v) is 5.24. The predicted octanol–water partition coefficient (Wildman–Crippen LogP) is 3.35. The van der Waals surface area contributed by atoms with E-state index in [0.717, 1.165) is 18.4 Å². The van der Waals surface area contributed by atoms with Crippen LogP contribution in [0, 0.1) is 0 Å². The van der Waals surface area contributed by atoms with Crippen molar-refractivity contribution < 1.29 is 34.8 Å². The van der Waals surface area contributed by atoms with Crippen molar-refractivity contribution in [1.29, 1.82) is 0 Å². The Labute approximate surface area is 112 Å². The summed E-state index contributed by atoms with van der Waals surface area (Å²) in [7, 11) is -7.40. The molecule has 0 saturated heterocycles. The molecule has 0 bridgehead atoms. The molecule has 1 aromatic rings. The summed E-state index contributed by atoms with van der Waals surface area (Å²) >= 11 is 0. The number of nitrogens with zero attached hydrogens (tertiary/aromatic N) is 1. The van der Waals surface area contributed by atoms with Gasteiger partial charge in [0.25, 0.3) is 0 Å². The standard InChI is InChI=1S/C9H7F6NO2S2/c1-19(16-20(17,18)9(13,14)15)7-4-2-6(3-5-7)8(10,11)12/h2-5H,1H3. The zero-order valence-corrected chi connectivity index (χ0v) is 11.3. The number of benzene rings is 1. The summed E-state index contributed by atoms with van der Waals surface area (Å²) in [5.41, 5.74) is -6.52. The normalized spacial score (nSPS) is 15.3. The van der Waals surface area contributed by atoms with E-state index < -0.39 is 38.0 Å². The van der Waals surface area contributed by atoms with Gasteiger partial charge in [-0.1, -0.05) is 10.7 Å². The first-order chi connectivity index (χ1) is 8.84. The fraction of sp³-hybridized carbons (Fsp3) is 0.333. The predicted molar refractivity (Wildman–Crippen MR) is 60.4 cm³/mol. The molecular formula is C9H7F6NO2S2. The molecule has 0 aliphatic rings. The van der Waals surface area contributed by atoms with Crippen LogP contribution in [0.15, 0.2) is 32.9 Å². The van der Waals surface area contributed by atoms with Gasteiger partial charge in [0.2, 0.25) is 0 Å². The Kier molecular flexibility index (Phi) is 4.54. The zero-order chi connectivity index (χ0) is 15.8. The summed E-state index contributed by atoms with van der Waals surface area (Å²) in [6.45, 7) is 0. The van der Waals surface area contributed by atoms with Crippen LogP contribution < -0.4 is 0 Å². The van der Waals surface area contributed by atoms with Crippen molar-refractivity contribution in [1.82, 2.24) is 0 Å². The highest BCUT2D eigenvalue weighted by Gasteiger charge is 2.46. The van der Waals surface area contributed by atoms with Crippen molar-refractivity contribution in [3.8, 4) is 0 Å². The molecule has 0 amide bonds. The lowest BCUT2D eigenvalue weighted by Gasteiger charge is -2.08. The average molecular weight is 339 g/mol. The molecule has 20 heavy (non-hydrogen) atoms. The van der Waals surface area contributed by atoms with E-state index in [9.17, 15) is 34.8 Å². The zero-order valence-electron chi connectivity index (χ0n) is 9.66. The second-order valence-electron chi connectivity index (χ2n) is 3.50. The molecule has 0 fully saturated rings. The second-order valence-corrected chi connectivity index (χ2v) is 6.93. The van der Waals surface area contributed by atoms with Crippen molar-refractivity contribution >= 4 is 20.7 Å². The number of hydrogen-bond donors (Lipinski definition) is 0. The lowest BCUT2D eigenvalue weighted by molar-refractivity contribution is -0.137. The number of halogens is 6. The maximum Gasteiger partial charge on any atom is 0.519 e. The molecule has 0 radical (unpaired) electrons. The van der Waals surface area contributed by atoms with E-state index >= 15 is 0 Å². The van der Waals surface area contributed by atoms with E-state index in [1.165, 1.54) is 0 Å². The van der Waals surface area contributed by atoms with Crippen LogP contribution in [-0.2, 0) is 26.9 Å². The molecule has 0 aliphatic carbocycles. The van der Waals surface area contributed by atoms with Gasteiger partial charge in [-0.25, -0.2) is 0 Å². The van der Waals surface area contributed by atoms with Gasteiger partial charge in [-0.05, 0) is 30.5 Å². The molecule has 0 heterocycles. The van der Waals surface area contributed by atoms with Gasteiger partial charge in [0.05, 0.1) is 5.56 Å². The molecule has 114 valence electrons. The van der Waals surface area contributed by atoms with Crippen LogP contribution in [0.5, 0.6) is 0 Å². The molecule has 0 spiro atoms. The van der Waals surface area contributed by atoms with E-state index in [4.69, 9.17) is 0 Å². The van der Waals surface area contributed by atoms with Crippen LogP contribution in [0.1, 0.15) is 5.56 Å². The van der Waals surface area contributed by atoms with Crippen molar-refractivity contribution in [2.45, 2.75) is 16.6 Å². The number of rotatable bonds is 2. The summed E-state index contributed by atoms with van der Waals surface area (Å²) < 4.78 is 97.4. The molecule has 1 atom stereocenters. The van der Waals surface area contributed by atoms with E-state index in [0.29, 0.717) is 12.1 Å². The van der Waals surface area contributed by atoms with Crippen molar-refractivity contribution in [3.63, 3.8) is 0 Å². The van der Waals surface area contributed by atoms with Crippen molar-refractivity contribution in [2.24, 2.45) is 3.77 Å². The first-order valence-corrected chi connectivity index (χ1v) is 7.75. The highest BCUT2D eigenvalue weighted by atomic mass is 32.3. The van der Waals surface area contributed by atoms with Crippen LogP contribution in [0.2, 0.25) is 0 Å². The summed E-state index contributed by atoms with van der Waals surface area (Å²) in [6, 6.07) is 3.08. The largest absolute Gasteiger partial charge is 0.519 e. The van der Waals surface area contributed by atoms with E-state index in [2.05, 4.69) is 3.77 Å². The fourth-order valence-corrected chi connectivity index (χ4v) is 3.46. The smallest absolute Gasteiger partial charge is 0.194 e. The SMILES string of the molecule is C/S(=N\S(=O)(=O)C(F)(F)F)c1ccc(C(F)(F)F)cc1. The lowest BCUT2D eigenvalue weighted by Crippen LogP contribution is -2.21. The van der Waals surface area contributed by atoms with Crippen LogP contribution in [-0.4, -0.2) is 20.2 Å². The number of sulfonamides is 1. The molecule has 0 N–H and O–H groups in total. The maximum atomic E-state index is 12.3. The highest BCUT2D eigenvalue weighted by Crippen LogP contribution is 2.30. The van der Waals surface area contributed by atoms with Gasteiger partial charge < -0.3 is 0 Å². The molecule has 1 unspecified atom stereocenters. The molecule has 1 rings (SSSR count). The Morgan fingerprint density at radius 1 is 1.00 bits per heavy atom. The first-order valence-electron chi connectivity index (χ1n) is 4.72. The molecule has 0 saturated carbocycles. The van der Waals surface area contributed by atoms with Gasteiger partial charge in [-0.2, -0.15) is 34.8 Å². The molecule has 0 aromatic heterocycles. The third kappa shape index (κ3) is 3.95. The van der Waals surface area contributed by atoms with Crippen LogP contribution in [0.25, 0.3) is 0 Å². The quantitative estimate of drug-likeness (QED) is 0.776. The Balaban J connectivity index is 3.14. The molecular weight excluding hydrogens is 332 g/mol. The minimum Gasteiger partial charge on any atom is -0.194 e. The van der Waals surface area contributed by atoms with E-state index in [1.54, 1.807) is 0 Å². The van der Waals surface area contributed by atoms with E-state index in [-0.39, 0.29) is 4.90 Å². The third-order valence-electron chi connectivity index (χ3n) is 2.03. The van der Waals surface area contributed by atoms with Crippen molar-refractivity contribution in [3.05, 3.63) is 29.8 Å². The van der Waals surface area contributed by atoms with Crippen LogP contribution in [0.3, 0.4) is 0 Å². The van der Waals surface area contributed by atoms with Crippen LogP contribution in [0.4, 0.5) is 26.3 Å². The minimum atomic E-state index is -5.67. The van der Waals surface area contributed by atoms with Crippen molar-refractivity contribution in [2.75, 3.05) is 6.26 Å². The molecule has 1 aromatic carbocycles. The minimum absolute atomic E-state index is 0.0502. The highest BCUT2D eigenvalue weighted by molar-refractivity contribution is 8.00. The monoisotopic (exact) mass is 339 g/mol. The molecule has 0 aliphatic heterocycles. The Morgan fingerprint density at radius 3 is 1.80 bits per heavy atom. The summed E-state index contributed by atoms with van der Waals surface area (Å²) in [5.74, 6) is 0. The average Bonchev–Trinajstić information content (AvgIpc) is 2.26. The summed E-state index contributed by atoms with van der Waals surface area (Å²) in [4.78, 5) is -0.0502. The number of alkyl halides is 6. The van der Waals surface area contributed by atoms with Gasteiger partial charge in [0.1, 0.15) is 0 Å². The molecule has 11 heteroatoms. The Hall–Kier alpha value is -1.10. The summed E-state index contributed by atoms with van der Waals surface area (Å²) in [5, 5.41) is 0. The van der Waals surface area contributed by atoms with Crippen LogP contribution >= 0.6 is 0 Å². The van der Waals surface area contributed by atoms with Gasteiger partial charge in [0.15, 0.2) is 0 Å². The fourth-order valence-electron chi connectivity index (χ4n) is 1.07. The number of hydrogen-bond acceptors (Lipinski definition) is 2.